The van der Waals surface area contributed by atoms with E-state index in [0.29, 0.717) is 38.5 Å². The van der Waals surface area contributed by atoms with Crippen LogP contribution in [0.15, 0.2) is 37.0 Å². The maximum absolute atomic E-state index is 11.7. The van der Waals surface area contributed by atoms with Gasteiger partial charge in [0.1, 0.15) is 13.2 Å². The van der Waals surface area contributed by atoms with Gasteiger partial charge in [-0.15, -0.1) is 6.58 Å². The Labute approximate surface area is 182 Å². The second kappa shape index (κ2) is 20.4. The summed E-state index contributed by atoms with van der Waals surface area (Å²) < 4.78 is 10.3. The molecule has 1 atom stereocenters. The molecule has 30 heavy (non-hydrogen) atoms. The number of ether oxygens (including phenoxy) is 2. The number of aliphatic hydroxyl groups excluding tert-OH is 1. The van der Waals surface area contributed by atoms with Crippen molar-refractivity contribution in [2.75, 3.05) is 39.5 Å². The van der Waals surface area contributed by atoms with Crippen LogP contribution in [0, 0.1) is 5.92 Å². The Kier molecular flexibility index (Phi) is 19.1. The molecule has 0 aliphatic heterocycles. The lowest BCUT2D eigenvalue weighted by molar-refractivity contribution is -0.143. The number of esters is 2. The summed E-state index contributed by atoms with van der Waals surface area (Å²) in [5.74, 6) is -0.00806. The maximum atomic E-state index is 11.7. The zero-order valence-electron chi connectivity index (χ0n) is 18.9. The van der Waals surface area contributed by atoms with Gasteiger partial charge in [0.2, 0.25) is 0 Å². The van der Waals surface area contributed by atoms with Gasteiger partial charge >= 0.3 is 11.9 Å². The van der Waals surface area contributed by atoms with Crippen molar-refractivity contribution in [3.05, 3.63) is 37.0 Å². The molecule has 0 aromatic heterocycles. The molecule has 0 aliphatic carbocycles. The number of rotatable bonds is 19. The molecule has 0 spiro atoms. The van der Waals surface area contributed by atoms with Crippen molar-refractivity contribution in [1.29, 1.82) is 0 Å². The predicted octanol–water partition coefficient (Wildman–Crippen LogP) is 4.05. The van der Waals surface area contributed by atoms with E-state index < -0.39 is 0 Å². The summed E-state index contributed by atoms with van der Waals surface area (Å²) in [7, 11) is 0. The van der Waals surface area contributed by atoms with Crippen LogP contribution in [0.4, 0.5) is 0 Å². The standard InChI is InChI=1S/C24H41NO5/c1-4-7-15-23(27)29-20-11-8-9-13-22(5-2)14-10-12-21-30-24(28)16-17-25(6-3)18-19-26/h5,8,10-12,22,26H,2,4,6-7,9,13-21H2,1,3H3/b11-8+,12-10-. The highest BCUT2D eigenvalue weighted by atomic mass is 16.5. The third-order valence-electron chi connectivity index (χ3n) is 4.72. The number of likely N-dealkylation sites (N-methyl/N-ethyl adjacent to an activating group) is 1. The van der Waals surface area contributed by atoms with E-state index in [4.69, 9.17) is 14.6 Å². The van der Waals surface area contributed by atoms with Crippen molar-refractivity contribution < 1.29 is 24.2 Å². The van der Waals surface area contributed by atoms with E-state index in [1.165, 1.54) is 0 Å². The van der Waals surface area contributed by atoms with E-state index in [0.717, 1.165) is 38.6 Å². The molecule has 1 unspecified atom stereocenters. The number of aliphatic hydroxyl groups is 1. The molecule has 172 valence electrons. The molecule has 0 bridgehead atoms. The number of hydrogen-bond donors (Lipinski definition) is 1. The lowest BCUT2D eigenvalue weighted by atomic mass is 9.99. The molecule has 6 heteroatoms. The van der Waals surface area contributed by atoms with Crippen LogP contribution in [0.5, 0.6) is 0 Å². The van der Waals surface area contributed by atoms with E-state index in [2.05, 4.69) is 6.58 Å². The molecule has 0 aromatic carbocycles. The molecule has 0 aromatic rings. The molecule has 0 fully saturated rings. The fourth-order valence-electron chi connectivity index (χ4n) is 2.73. The van der Waals surface area contributed by atoms with Crippen molar-refractivity contribution in [3.63, 3.8) is 0 Å². The maximum Gasteiger partial charge on any atom is 0.307 e. The van der Waals surface area contributed by atoms with Gasteiger partial charge in [-0.05, 0) is 38.1 Å². The first kappa shape index (κ1) is 28.1. The van der Waals surface area contributed by atoms with Gasteiger partial charge in [-0.1, -0.05) is 50.6 Å². The van der Waals surface area contributed by atoms with E-state index in [1.54, 1.807) is 0 Å². The first-order valence-electron chi connectivity index (χ1n) is 11.1. The van der Waals surface area contributed by atoms with Gasteiger partial charge < -0.3 is 19.5 Å². The third-order valence-corrected chi connectivity index (χ3v) is 4.72. The molecule has 1 N–H and O–H groups in total. The highest BCUT2D eigenvalue weighted by Gasteiger charge is 2.07. The highest BCUT2D eigenvalue weighted by Crippen LogP contribution is 2.13. The largest absolute Gasteiger partial charge is 0.461 e. The minimum Gasteiger partial charge on any atom is -0.461 e. The molecule has 0 saturated carbocycles. The molecule has 0 heterocycles. The van der Waals surface area contributed by atoms with Crippen LogP contribution in [0.2, 0.25) is 0 Å². The first-order valence-corrected chi connectivity index (χ1v) is 11.1. The Hall–Kier alpha value is -1.92. The summed E-state index contributed by atoms with van der Waals surface area (Å²) in [5.41, 5.74) is 0. The Bertz CT molecular complexity index is 516. The normalized spacial score (nSPS) is 12.5. The van der Waals surface area contributed by atoms with E-state index >= 15 is 0 Å². The number of nitrogens with zero attached hydrogens (tertiary/aromatic N) is 1. The van der Waals surface area contributed by atoms with Crippen LogP contribution in [-0.2, 0) is 19.1 Å². The Balaban J connectivity index is 3.86. The van der Waals surface area contributed by atoms with E-state index in [9.17, 15) is 9.59 Å². The lowest BCUT2D eigenvalue weighted by Crippen LogP contribution is -2.29. The fourth-order valence-corrected chi connectivity index (χ4v) is 2.73. The van der Waals surface area contributed by atoms with Crippen LogP contribution < -0.4 is 0 Å². The average Bonchev–Trinajstić information content (AvgIpc) is 2.75. The lowest BCUT2D eigenvalue weighted by Gasteiger charge is -2.17. The third kappa shape index (κ3) is 17.0. The molecule has 0 radical (unpaired) electrons. The van der Waals surface area contributed by atoms with Crippen LogP contribution in [0.25, 0.3) is 0 Å². The van der Waals surface area contributed by atoms with Crippen molar-refractivity contribution in [3.8, 4) is 0 Å². The van der Waals surface area contributed by atoms with Gasteiger partial charge in [0, 0.05) is 19.5 Å². The number of carbonyl (C=O) groups excluding carboxylic acids is 2. The van der Waals surface area contributed by atoms with E-state index in [-0.39, 0.29) is 25.2 Å². The van der Waals surface area contributed by atoms with Gasteiger partial charge in [-0.2, -0.15) is 0 Å². The van der Waals surface area contributed by atoms with Crippen LogP contribution in [0.3, 0.4) is 0 Å². The van der Waals surface area contributed by atoms with Gasteiger partial charge in [-0.25, -0.2) is 0 Å². The summed E-state index contributed by atoms with van der Waals surface area (Å²) in [6, 6.07) is 0. The molecular weight excluding hydrogens is 382 g/mol. The Morgan fingerprint density at radius 2 is 1.67 bits per heavy atom. The summed E-state index contributed by atoms with van der Waals surface area (Å²) in [5, 5.41) is 8.94. The Morgan fingerprint density at radius 3 is 2.27 bits per heavy atom. The second-order valence-corrected chi connectivity index (χ2v) is 7.13. The number of unbranched alkanes of at least 4 members (excludes halogenated alkanes) is 1. The average molecular weight is 424 g/mol. The first-order chi connectivity index (χ1) is 14.6. The minimum absolute atomic E-state index is 0.0956. The second-order valence-electron chi connectivity index (χ2n) is 7.13. The smallest absolute Gasteiger partial charge is 0.307 e. The predicted molar refractivity (Wildman–Crippen MR) is 121 cm³/mol. The number of hydrogen-bond acceptors (Lipinski definition) is 6. The number of allylic oxidation sites excluding steroid dienone is 3. The zero-order valence-corrected chi connectivity index (χ0v) is 18.9. The minimum atomic E-state index is -0.225. The van der Waals surface area contributed by atoms with Gasteiger partial charge in [0.25, 0.3) is 0 Å². The monoisotopic (exact) mass is 423 g/mol. The molecule has 0 aliphatic rings. The van der Waals surface area contributed by atoms with Crippen molar-refractivity contribution in [1.82, 2.24) is 4.90 Å². The zero-order chi connectivity index (χ0) is 22.5. The summed E-state index contributed by atoms with van der Waals surface area (Å²) in [6.45, 7) is 10.6. The molecule has 0 rings (SSSR count). The van der Waals surface area contributed by atoms with Gasteiger partial charge in [0.05, 0.1) is 13.0 Å². The van der Waals surface area contributed by atoms with Crippen LogP contribution in [0.1, 0.15) is 58.8 Å². The van der Waals surface area contributed by atoms with E-state index in [1.807, 2.05) is 49.1 Å². The summed E-state index contributed by atoms with van der Waals surface area (Å²) in [6.07, 6.45) is 15.1. The van der Waals surface area contributed by atoms with Crippen LogP contribution in [-0.4, -0.2) is 61.4 Å². The summed E-state index contributed by atoms with van der Waals surface area (Å²) in [4.78, 5) is 25.1. The fraction of sp³-hybridized carbons (Fsp3) is 0.667. The molecule has 6 nitrogen and oxygen atoms in total. The topological polar surface area (TPSA) is 76.1 Å². The van der Waals surface area contributed by atoms with Crippen LogP contribution >= 0.6 is 0 Å². The molecule has 0 amide bonds. The highest BCUT2D eigenvalue weighted by molar-refractivity contribution is 5.69. The molecular formula is C24H41NO5. The number of carbonyl (C=O) groups is 2. The van der Waals surface area contributed by atoms with Crippen molar-refractivity contribution in [2.24, 2.45) is 5.92 Å². The van der Waals surface area contributed by atoms with Gasteiger partial charge in [0.15, 0.2) is 0 Å². The van der Waals surface area contributed by atoms with Crippen molar-refractivity contribution in [2.45, 2.75) is 58.8 Å². The summed E-state index contributed by atoms with van der Waals surface area (Å²) >= 11 is 0. The quantitative estimate of drug-likeness (QED) is 0.249. The SMILES string of the molecule is C=CC(C/C=C\COC(=O)CCN(CC)CCO)CC/C=C/COC(=O)CCCC. The van der Waals surface area contributed by atoms with Gasteiger partial charge in [-0.3, -0.25) is 9.59 Å². The Morgan fingerprint density at radius 1 is 1.00 bits per heavy atom. The molecule has 0 saturated heterocycles. The van der Waals surface area contributed by atoms with Crippen molar-refractivity contribution >= 4 is 11.9 Å².